The van der Waals surface area contributed by atoms with Crippen molar-refractivity contribution in [3.8, 4) is 0 Å². The van der Waals surface area contributed by atoms with E-state index in [0.717, 1.165) is 5.01 Å². The lowest BCUT2D eigenvalue weighted by molar-refractivity contribution is 0.0555. The molecule has 0 rings (SSSR count). The molecular formula is C12H24N4O4. The van der Waals surface area contributed by atoms with Gasteiger partial charge in [-0.25, -0.2) is 15.4 Å². The highest BCUT2D eigenvalue weighted by atomic mass is 16.6. The first-order chi connectivity index (χ1) is 8.80. The lowest BCUT2D eigenvalue weighted by atomic mass is 10.2. The number of nitrogens with two attached hydrogens (primary N) is 1. The Balaban J connectivity index is 4.82. The van der Waals surface area contributed by atoms with Crippen molar-refractivity contribution in [3.05, 3.63) is 0 Å². The largest absolute Gasteiger partial charge is 0.444 e. The molecule has 0 heterocycles. The van der Waals surface area contributed by atoms with Crippen LogP contribution >= 0.6 is 0 Å². The number of rotatable bonds is 0. The lowest BCUT2D eigenvalue weighted by Crippen LogP contribution is -2.47. The molecule has 0 saturated carbocycles. The number of aliphatic imine (C=N–C) groups is 1. The fourth-order valence-electron chi connectivity index (χ4n) is 0.961. The van der Waals surface area contributed by atoms with Gasteiger partial charge in [-0.2, -0.15) is 0 Å². The molecule has 0 aromatic carbocycles. The number of amides is 2. The van der Waals surface area contributed by atoms with E-state index in [1.54, 1.807) is 41.5 Å². The molecule has 3 N–H and O–H groups in total. The summed E-state index contributed by atoms with van der Waals surface area (Å²) in [5.41, 5.74) is -1.36. The molecule has 8 nitrogen and oxygen atoms in total. The Morgan fingerprint density at radius 3 is 1.85 bits per heavy atom. The third kappa shape index (κ3) is 9.15. The van der Waals surface area contributed by atoms with Crippen molar-refractivity contribution < 1.29 is 19.1 Å². The molecule has 0 unspecified atom stereocenters. The molecular weight excluding hydrogens is 264 g/mol. The maximum absolute atomic E-state index is 11.6. The van der Waals surface area contributed by atoms with E-state index in [0.29, 0.717) is 0 Å². The van der Waals surface area contributed by atoms with Gasteiger partial charge in [-0.3, -0.25) is 10.3 Å². The molecule has 0 aliphatic heterocycles. The second-order valence-electron chi connectivity index (χ2n) is 6.15. The minimum absolute atomic E-state index is 0.173. The Hall–Kier alpha value is -1.83. The molecule has 0 aromatic rings. The van der Waals surface area contributed by atoms with E-state index < -0.39 is 23.4 Å². The molecule has 0 radical (unpaired) electrons. The Kier molecular flexibility index (Phi) is 5.96. The summed E-state index contributed by atoms with van der Waals surface area (Å²) >= 11 is 0. The Morgan fingerprint density at radius 2 is 1.50 bits per heavy atom. The maximum Gasteiger partial charge on any atom is 0.437 e. The summed E-state index contributed by atoms with van der Waals surface area (Å²) in [6.45, 7) is 10.2. The predicted molar refractivity (Wildman–Crippen MR) is 75.0 cm³/mol. The van der Waals surface area contributed by atoms with Crippen LogP contribution in [0.15, 0.2) is 4.99 Å². The predicted octanol–water partition coefficient (Wildman–Crippen LogP) is 1.61. The van der Waals surface area contributed by atoms with E-state index in [1.807, 2.05) is 0 Å². The smallest absolute Gasteiger partial charge is 0.437 e. The number of hydrazine groups is 1. The van der Waals surface area contributed by atoms with Gasteiger partial charge < -0.3 is 9.47 Å². The maximum atomic E-state index is 11.6. The van der Waals surface area contributed by atoms with E-state index in [4.69, 9.17) is 15.3 Å². The van der Waals surface area contributed by atoms with Crippen molar-refractivity contribution in [3.63, 3.8) is 0 Å². The zero-order valence-electron chi connectivity index (χ0n) is 13.1. The monoisotopic (exact) mass is 288 g/mol. The summed E-state index contributed by atoms with van der Waals surface area (Å²) < 4.78 is 10.0. The van der Waals surface area contributed by atoms with Crippen LogP contribution in [0.4, 0.5) is 9.59 Å². The molecule has 0 saturated heterocycles. The third-order valence-corrected chi connectivity index (χ3v) is 1.54. The van der Waals surface area contributed by atoms with Crippen LogP contribution in [0.5, 0.6) is 0 Å². The first kappa shape index (κ1) is 18.2. The minimum Gasteiger partial charge on any atom is -0.444 e. The molecule has 8 heteroatoms. The van der Waals surface area contributed by atoms with Crippen LogP contribution in [-0.2, 0) is 9.47 Å². The van der Waals surface area contributed by atoms with Gasteiger partial charge in [-0.1, -0.05) is 0 Å². The van der Waals surface area contributed by atoms with Crippen LogP contribution in [0, 0.1) is 0 Å². The standard InChI is InChI=1S/C12H24N4O4/c1-11(2,3)19-9(17)14-8(16(7)13)15-10(18)20-12(4,5)6/h13H2,1-7H3,(H,14,15,17,18). The number of hydrogen-bond acceptors (Lipinski definition) is 5. The number of carbonyl (C=O) groups excluding carboxylic acids is 2. The van der Waals surface area contributed by atoms with Crippen molar-refractivity contribution >= 4 is 18.1 Å². The van der Waals surface area contributed by atoms with Crippen LogP contribution in [0.2, 0.25) is 0 Å². The van der Waals surface area contributed by atoms with Crippen LogP contribution < -0.4 is 11.2 Å². The summed E-state index contributed by atoms with van der Waals surface area (Å²) in [4.78, 5) is 26.7. The zero-order valence-corrected chi connectivity index (χ0v) is 13.1. The number of guanidine groups is 1. The Morgan fingerprint density at radius 1 is 1.05 bits per heavy atom. The number of alkyl carbamates (subject to hydrolysis) is 1. The van der Waals surface area contributed by atoms with Gasteiger partial charge in [0.2, 0.25) is 5.96 Å². The highest BCUT2D eigenvalue weighted by molar-refractivity contribution is 5.98. The van der Waals surface area contributed by atoms with E-state index >= 15 is 0 Å². The van der Waals surface area contributed by atoms with Gasteiger partial charge >= 0.3 is 12.2 Å². The molecule has 2 amide bonds. The van der Waals surface area contributed by atoms with Crippen LogP contribution in [0.25, 0.3) is 0 Å². The SMILES string of the molecule is CN(N)/C(=N/C(=O)OC(C)(C)C)NC(=O)OC(C)(C)C. The fraction of sp³-hybridized carbons (Fsp3) is 0.750. The first-order valence-corrected chi connectivity index (χ1v) is 6.10. The van der Waals surface area contributed by atoms with Crippen molar-refractivity contribution in [1.82, 2.24) is 10.3 Å². The second-order valence-corrected chi connectivity index (χ2v) is 6.15. The van der Waals surface area contributed by atoms with E-state index in [2.05, 4.69) is 10.3 Å². The van der Waals surface area contributed by atoms with Gasteiger partial charge in [-0.05, 0) is 41.5 Å². The first-order valence-electron chi connectivity index (χ1n) is 6.10. The lowest BCUT2D eigenvalue weighted by Gasteiger charge is -2.22. The van der Waals surface area contributed by atoms with Crippen molar-refractivity contribution in [1.29, 1.82) is 0 Å². The molecule has 0 atom stereocenters. The molecule has 0 aromatic heterocycles. The van der Waals surface area contributed by atoms with Gasteiger partial charge in [0, 0.05) is 7.05 Å². The van der Waals surface area contributed by atoms with Gasteiger partial charge in [0.25, 0.3) is 0 Å². The van der Waals surface area contributed by atoms with Gasteiger partial charge in [-0.15, -0.1) is 4.99 Å². The number of nitrogens with zero attached hydrogens (tertiary/aromatic N) is 2. The Labute approximate surface area is 119 Å². The van der Waals surface area contributed by atoms with Crippen LogP contribution in [0.3, 0.4) is 0 Å². The molecule has 0 aliphatic rings. The van der Waals surface area contributed by atoms with Crippen molar-refractivity contribution in [2.24, 2.45) is 10.8 Å². The van der Waals surface area contributed by atoms with Crippen LogP contribution in [-0.4, -0.2) is 41.4 Å². The second kappa shape index (κ2) is 6.56. The fourth-order valence-corrected chi connectivity index (χ4v) is 0.961. The number of nitrogens with one attached hydrogen (secondary N) is 1. The minimum atomic E-state index is -0.860. The number of ether oxygens (including phenoxy) is 2. The van der Waals surface area contributed by atoms with Gasteiger partial charge in [0.1, 0.15) is 11.2 Å². The van der Waals surface area contributed by atoms with E-state index in [-0.39, 0.29) is 5.96 Å². The molecule has 116 valence electrons. The zero-order chi connectivity index (χ0) is 16.1. The molecule has 0 bridgehead atoms. The molecule has 20 heavy (non-hydrogen) atoms. The highest BCUT2D eigenvalue weighted by Crippen LogP contribution is 2.08. The van der Waals surface area contributed by atoms with Crippen LogP contribution in [0.1, 0.15) is 41.5 Å². The van der Waals surface area contributed by atoms with E-state index in [1.165, 1.54) is 7.05 Å². The topological polar surface area (TPSA) is 106 Å². The van der Waals surface area contributed by atoms with Crippen molar-refractivity contribution in [2.45, 2.75) is 52.7 Å². The highest BCUT2D eigenvalue weighted by Gasteiger charge is 2.21. The van der Waals surface area contributed by atoms with E-state index in [9.17, 15) is 9.59 Å². The third-order valence-electron chi connectivity index (χ3n) is 1.54. The quantitative estimate of drug-likeness (QED) is 0.303. The van der Waals surface area contributed by atoms with Crippen molar-refractivity contribution in [2.75, 3.05) is 7.05 Å². The normalized spacial score (nSPS) is 12.7. The van der Waals surface area contributed by atoms with Gasteiger partial charge in [0.15, 0.2) is 0 Å². The molecule has 0 spiro atoms. The summed E-state index contributed by atoms with van der Waals surface area (Å²) in [6, 6.07) is 0. The summed E-state index contributed by atoms with van der Waals surface area (Å²) in [6.07, 6.45) is -1.63. The summed E-state index contributed by atoms with van der Waals surface area (Å²) in [5.74, 6) is 5.31. The number of carbonyl (C=O) groups is 2. The molecule has 0 aliphatic carbocycles. The Bertz CT molecular complexity index is 391. The number of hydrogen-bond donors (Lipinski definition) is 2. The molecule has 0 fully saturated rings. The average Bonchev–Trinajstić information content (AvgIpc) is 2.09. The van der Waals surface area contributed by atoms with Gasteiger partial charge in [0.05, 0.1) is 0 Å². The average molecular weight is 288 g/mol. The summed E-state index contributed by atoms with van der Waals surface area (Å²) in [7, 11) is 1.42. The summed E-state index contributed by atoms with van der Waals surface area (Å²) in [5, 5.41) is 3.26.